The molecule has 1 fully saturated rings. The van der Waals surface area contributed by atoms with Gasteiger partial charge in [0, 0.05) is 5.02 Å². The molecule has 1 unspecified atom stereocenters. The van der Waals surface area contributed by atoms with Gasteiger partial charge in [0.25, 0.3) is 0 Å². The number of carbonyl (C=O) groups excluding carboxylic acids is 2. The average molecular weight is 238 g/mol. The zero-order valence-corrected chi connectivity index (χ0v) is 9.70. The van der Waals surface area contributed by atoms with Gasteiger partial charge in [-0.25, -0.2) is 0 Å². The SMILES string of the molecule is CC(c1ccc(Cl)cc1)N1CC(=O)CC1=O. The van der Waals surface area contributed by atoms with E-state index < -0.39 is 0 Å². The number of rotatable bonds is 2. The molecule has 16 heavy (non-hydrogen) atoms. The molecule has 0 bridgehead atoms. The van der Waals surface area contributed by atoms with Crippen LogP contribution in [-0.2, 0) is 9.59 Å². The van der Waals surface area contributed by atoms with Crippen LogP contribution in [0.25, 0.3) is 0 Å². The lowest BCUT2D eigenvalue weighted by Gasteiger charge is -2.23. The molecule has 2 rings (SSSR count). The summed E-state index contributed by atoms with van der Waals surface area (Å²) in [6, 6.07) is 7.26. The normalized spacial score (nSPS) is 18.0. The summed E-state index contributed by atoms with van der Waals surface area (Å²) in [5.41, 5.74) is 0.993. The molecule has 1 heterocycles. The highest BCUT2D eigenvalue weighted by molar-refractivity contribution is 6.30. The summed E-state index contributed by atoms with van der Waals surface area (Å²) in [6.45, 7) is 2.14. The number of Topliss-reactive ketones (excluding diaryl/α,β-unsaturated/α-hetero) is 1. The Morgan fingerprint density at radius 1 is 1.25 bits per heavy atom. The number of carbonyl (C=O) groups is 2. The minimum atomic E-state index is -0.0903. The predicted octanol–water partition coefficient (Wildman–Crippen LogP) is 2.20. The molecule has 1 atom stereocenters. The highest BCUT2D eigenvalue weighted by Crippen LogP contribution is 2.25. The van der Waals surface area contributed by atoms with Crippen molar-refractivity contribution < 1.29 is 9.59 Å². The maximum atomic E-state index is 11.5. The predicted molar refractivity (Wildman–Crippen MR) is 61.2 cm³/mol. The first-order chi connectivity index (χ1) is 7.58. The summed E-state index contributed by atoms with van der Waals surface area (Å²) in [7, 11) is 0. The van der Waals surface area contributed by atoms with Crippen LogP contribution in [0.2, 0.25) is 5.02 Å². The largest absolute Gasteiger partial charge is 0.328 e. The van der Waals surface area contributed by atoms with Crippen molar-refractivity contribution in [2.24, 2.45) is 0 Å². The molecule has 0 aliphatic carbocycles. The fourth-order valence-corrected chi connectivity index (χ4v) is 2.00. The summed E-state index contributed by atoms with van der Waals surface area (Å²) in [4.78, 5) is 24.3. The van der Waals surface area contributed by atoms with E-state index in [2.05, 4.69) is 0 Å². The molecule has 1 aliphatic heterocycles. The number of likely N-dealkylation sites (tertiary alicyclic amines) is 1. The monoisotopic (exact) mass is 237 g/mol. The van der Waals surface area contributed by atoms with Crippen LogP contribution in [0.1, 0.15) is 24.9 Å². The third-order valence-electron chi connectivity index (χ3n) is 2.84. The molecule has 0 radical (unpaired) electrons. The van der Waals surface area contributed by atoms with Crippen LogP contribution in [-0.4, -0.2) is 23.1 Å². The zero-order valence-electron chi connectivity index (χ0n) is 8.94. The molecule has 0 N–H and O–H groups in total. The van der Waals surface area contributed by atoms with Gasteiger partial charge in [0.2, 0.25) is 5.91 Å². The highest BCUT2D eigenvalue weighted by Gasteiger charge is 2.31. The van der Waals surface area contributed by atoms with E-state index >= 15 is 0 Å². The van der Waals surface area contributed by atoms with E-state index in [-0.39, 0.29) is 30.7 Å². The molecule has 1 aliphatic rings. The Morgan fingerprint density at radius 2 is 1.88 bits per heavy atom. The van der Waals surface area contributed by atoms with Gasteiger partial charge in [-0.05, 0) is 24.6 Å². The third-order valence-corrected chi connectivity index (χ3v) is 3.09. The van der Waals surface area contributed by atoms with Crippen molar-refractivity contribution >= 4 is 23.3 Å². The van der Waals surface area contributed by atoms with E-state index in [0.29, 0.717) is 5.02 Å². The van der Waals surface area contributed by atoms with Crippen LogP contribution in [0.5, 0.6) is 0 Å². The van der Waals surface area contributed by atoms with Gasteiger partial charge >= 0.3 is 0 Å². The minimum Gasteiger partial charge on any atom is -0.328 e. The molecular weight excluding hydrogens is 226 g/mol. The zero-order chi connectivity index (χ0) is 11.7. The number of halogens is 1. The van der Waals surface area contributed by atoms with E-state index in [0.717, 1.165) is 5.56 Å². The Labute approximate surface area is 99.0 Å². The van der Waals surface area contributed by atoms with Crippen molar-refractivity contribution in [2.45, 2.75) is 19.4 Å². The summed E-state index contributed by atoms with van der Waals surface area (Å²) in [5.74, 6) is -0.0988. The van der Waals surface area contributed by atoms with E-state index in [1.165, 1.54) is 0 Å². The van der Waals surface area contributed by atoms with Gasteiger partial charge in [-0.15, -0.1) is 0 Å². The molecule has 1 amide bonds. The Kier molecular flexibility index (Phi) is 2.97. The lowest BCUT2D eigenvalue weighted by molar-refractivity contribution is -0.129. The van der Waals surface area contributed by atoms with E-state index in [4.69, 9.17) is 11.6 Å². The lowest BCUT2D eigenvalue weighted by Crippen LogP contribution is -2.28. The topological polar surface area (TPSA) is 37.4 Å². The maximum Gasteiger partial charge on any atom is 0.230 e. The number of hydrogen-bond acceptors (Lipinski definition) is 2. The van der Waals surface area contributed by atoms with Gasteiger partial charge in [-0.3, -0.25) is 9.59 Å². The van der Waals surface area contributed by atoms with E-state index in [1.807, 2.05) is 19.1 Å². The quantitative estimate of drug-likeness (QED) is 0.740. The van der Waals surface area contributed by atoms with Gasteiger partial charge in [-0.2, -0.15) is 0 Å². The molecule has 0 saturated carbocycles. The molecule has 0 aromatic heterocycles. The van der Waals surface area contributed by atoms with Crippen LogP contribution in [0.15, 0.2) is 24.3 Å². The van der Waals surface area contributed by atoms with Crippen molar-refractivity contribution in [3.05, 3.63) is 34.9 Å². The Balaban J connectivity index is 2.19. The first-order valence-corrected chi connectivity index (χ1v) is 5.52. The number of hydrogen-bond donors (Lipinski definition) is 0. The summed E-state index contributed by atoms with van der Waals surface area (Å²) >= 11 is 5.79. The highest BCUT2D eigenvalue weighted by atomic mass is 35.5. The van der Waals surface area contributed by atoms with Gasteiger partial charge in [0.15, 0.2) is 5.78 Å². The lowest BCUT2D eigenvalue weighted by atomic mass is 10.1. The van der Waals surface area contributed by atoms with Crippen LogP contribution < -0.4 is 0 Å². The molecule has 1 aromatic rings. The molecule has 1 aromatic carbocycles. The standard InChI is InChI=1S/C12H12ClNO2/c1-8(9-2-4-10(13)5-3-9)14-7-11(15)6-12(14)16/h2-5,8H,6-7H2,1H3. The van der Waals surface area contributed by atoms with Crippen LogP contribution >= 0.6 is 11.6 Å². The molecular formula is C12H12ClNO2. The Morgan fingerprint density at radius 3 is 2.38 bits per heavy atom. The average Bonchev–Trinajstić information content (AvgIpc) is 2.58. The molecule has 84 valence electrons. The first-order valence-electron chi connectivity index (χ1n) is 5.14. The summed E-state index contributed by atoms with van der Waals surface area (Å²) in [5, 5.41) is 0.666. The molecule has 0 spiro atoms. The van der Waals surface area contributed by atoms with Crippen LogP contribution in [0.4, 0.5) is 0 Å². The van der Waals surface area contributed by atoms with Crippen molar-refractivity contribution in [1.82, 2.24) is 4.90 Å². The van der Waals surface area contributed by atoms with Crippen LogP contribution in [0.3, 0.4) is 0 Å². The van der Waals surface area contributed by atoms with Gasteiger partial charge in [-0.1, -0.05) is 23.7 Å². The smallest absolute Gasteiger partial charge is 0.230 e. The summed E-state index contributed by atoms with van der Waals surface area (Å²) in [6.07, 6.45) is 0.0396. The summed E-state index contributed by atoms with van der Waals surface area (Å²) < 4.78 is 0. The number of amides is 1. The fourth-order valence-electron chi connectivity index (χ4n) is 1.88. The molecule has 4 heteroatoms. The van der Waals surface area contributed by atoms with Crippen molar-refractivity contribution in [2.75, 3.05) is 6.54 Å². The van der Waals surface area contributed by atoms with Crippen molar-refractivity contribution in [1.29, 1.82) is 0 Å². The van der Waals surface area contributed by atoms with Gasteiger partial charge in [0.05, 0.1) is 19.0 Å². The number of ketones is 1. The molecule has 3 nitrogen and oxygen atoms in total. The Bertz CT molecular complexity index is 427. The number of nitrogens with zero attached hydrogens (tertiary/aromatic N) is 1. The van der Waals surface area contributed by atoms with Gasteiger partial charge < -0.3 is 4.90 Å². The van der Waals surface area contributed by atoms with E-state index in [9.17, 15) is 9.59 Å². The second kappa shape index (κ2) is 4.26. The Hall–Kier alpha value is -1.35. The second-order valence-electron chi connectivity index (χ2n) is 3.96. The van der Waals surface area contributed by atoms with Crippen molar-refractivity contribution in [3.63, 3.8) is 0 Å². The van der Waals surface area contributed by atoms with Crippen LogP contribution in [0, 0.1) is 0 Å². The maximum absolute atomic E-state index is 11.5. The van der Waals surface area contributed by atoms with Gasteiger partial charge in [0.1, 0.15) is 0 Å². The van der Waals surface area contributed by atoms with E-state index in [1.54, 1.807) is 17.0 Å². The first kappa shape index (κ1) is 11.1. The minimum absolute atomic E-state index is 0.00851. The fraction of sp³-hybridized carbons (Fsp3) is 0.333. The number of benzene rings is 1. The third kappa shape index (κ3) is 2.09. The second-order valence-corrected chi connectivity index (χ2v) is 4.40. The molecule has 1 saturated heterocycles. The van der Waals surface area contributed by atoms with Crippen molar-refractivity contribution in [3.8, 4) is 0 Å².